The predicted octanol–water partition coefficient (Wildman–Crippen LogP) is 3.10. The van der Waals surface area contributed by atoms with E-state index in [1.165, 1.54) is 0 Å². The topological polar surface area (TPSA) is 50.8 Å². The monoisotopic (exact) mass is 340 g/mol. The van der Waals surface area contributed by atoms with Crippen LogP contribution in [0.5, 0.6) is 5.75 Å². The molecule has 0 aliphatic carbocycles. The Morgan fingerprint density at radius 2 is 1.84 bits per heavy atom. The molecule has 5 heteroatoms. The van der Waals surface area contributed by atoms with Crippen molar-refractivity contribution in [2.45, 2.75) is 12.8 Å². The number of aryl methyl sites for hydroxylation is 1. The molecular formula is C20H24N2O3. The molecule has 0 aromatic heterocycles. The number of hydrogen-bond acceptors (Lipinski definition) is 4. The first-order valence-electron chi connectivity index (χ1n) is 8.61. The third-order valence-corrected chi connectivity index (χ3v) is 4.34. The number of amides is 1. The van der Waals surface area contributed by atoms with Crippen molar-refractivity contribution in [3.8, 4) is 5.75 Å². The maximum absolute atomic E-state index is 12.4. The van der Waals surface area contributed by atoms with Gasteiger partial charge in [0.05, 0.1) is 31.7 Å². The van der Waals surface area contributed by atoms with Gasteiger partial charge in [-0.1, -0.05) is 30.3 Å². The van der Waals surface area contributed by atoms with Gasteiger partial charge in [-0.25, -0.2) is 0 Å². The summed E-state index contributed by atoms with van der Waals surface area (Å²) in [5.74, 6) is 0.829. The number of hydrogen-bond donors (Lipinski definition) is 1. The van der Waals surface area contributed by atoms with E-state index in [-0.39, 0.29) is 5.91 Å². The number of carbonyl (C=O) groups is 1. The summed E-state index contributed by atoms with van der Waals surface area (Å²) in [5, 5.41) is 3.05. The summed E-state index contributed by atoms with van der Waals surface area (Å²) in [4.78, 5) is 14.7. The second kappa shape index (κ2) is 8.53. The second-order valence-electron chi connectivity index (χ2n) is 5.98. The molecule has 1 fully saturated rings. The van der Waals surface area contributed by atoms with E-state index in [2.05, 4.69) is 10.2 Å². The van der Waals surface area contributed by atoms with E-state index in [1.807, 2.05) is 48.5 Å². The summed E-state index contributed by atoms with van der Waals surface area (Å²) in [6.07, 6.45) is 1.06. The molecule has 1 saturated heterocycles. The lowest BCUT2D eigenvalue weighted by atomic mass is 10.1. The average molecular weight is 340 g/mol. The Morgan fingerprint density at radius 1 is 1.12 bits per heavy atom. The van der Waals surface area contributed by atoms with Crippen molar-refractivity contribution in [2.24, 2.45) is 0 Å². The summed E-state index contributed by atoms with van der Waals surface area (Å²) >= 11 is 0. The molecule has 1 heterocycles. The molecule has 2 aromatic rings. The van der Waals surface area contributed by atoms with Crippen LogP contribution < -0.4 is 15.0 Å². The van der Waals surface area contributed by atoms with Crippen LogP contribution in [0.4, 0.5) is 11.4 Å². The van der Waals surface area contributed by atoms with Gasteiger partial charge in [0, 0.05) is 19.5 Å². The van der Waals surface area contributed by atoms with Crippen LogP contribution in [0.3, 0.4) is 0 Å². The van der Waals surface area contributed by atoms with Gasteiger partial charge in [-0.2, -0.15) is 0 Å². The van der Waals surface area contributed by atoms with Crippen LogP contribution in [0.25, 0.3) is 0 Å². The molecule has 132 valence electrons. The summed E-state index contributed by atoms with van der Waals surface area (Å²) in [5.41, 5.74) is 2.95. The summed E-state index contributed by atoms with van der Waals surface area (Å²) in [7, 11) is 1.65. The smallest absolute Gasteiger partial charge is 0.224 e. The largest absolute Gasteiger partial charge is 0.496 e. The molecule has 3 rings (SSSR count). The van der Waals surface area contributed by atoms with Gasteiger partial charge in [0.25, 0.3) is 0 Å². The lowest BCUT2D eigenvalue weighted by Crippen LogP contribution is -2.36. The Bertz CT molecular complexity index is 712. The van der Waals surface area contributed by atoms with Gasteiger partial charge in [-0.05, 0) is 30.2 Å². The minimum Gasteiger partial charge on any atom is -0.496 e. The standard InChI is InChI=1S/C20H24N2O3/c1-24-19-9-5-2-6-16(19)10-11-20(23)21-17-7-3-4-8-18(17)22-12-14-25-15-13-22/h2-9H,10-15H2,1H3,(H,21,23). The van der Waals surface area contributed by atoms with Crippen LogP contribution in [-0.2, 0) is 16.0 Å². The quantitative estimate of drug-likeness (QED) is 0.878. The molecule has 0 radical (unpaired) electrons. The van der Waals surface area contributed by atoms with E-state index in [9.17, 15) is 4.79 Å². The van der Waals surface area contributed by atoms with Crippen molar-refractivity contribution in [3.63, 3.8) is 0 Å². The molecule has 0 atom stereocenters. The van der Waals surface area contributed by atoms with Crippen LogP contribution in [-0.4, -0.2) is 39.3 Å². The van der Waals surface area contributed by atoms with Crippen LogP contribution in [0.15, 0.2) is 48.5 Å². The van der Waals surface area contributed by atoms with Crippen molar-refractivity contribution < 1.29 is 14.3 Å². The fraction of sp³-hybridized carbons (Fsp3) is 0.350. The zero-order chi connectivity index (χ0) is 17.5. The SMILES string of the molecule is COc1ccccc1CCC(=O)Nc1ccccc1N1CCOCC1. The van der Waals surface area contributed by atoms with Gasteiger partial charge in [0.2, 0.25) is 5.91 Å². The van der Waals surface area contributed by atoms with E-state index >= 15 is 0 Å². The van der Waals surface area contributed by atoms with Crippen LogP contribution in [0, 0.1) is 0 Å². The lowest BCUT2D eigenvalue weighted by Gasteiger charge is -2.30. The lowest BCUT2D eigenvalue weighted by molar-refractivity contribution is -0.116. The highest BCUT2D eigenvalue weighted by Gasteiger charge is 2.15. The Balaban J connectivity index is 1.63. The first kappa shape index (κ1) is 17.3. The first-order chi connectivity index (χ1) is 12.3. The van der Waals surface area contributed by atoms with Gasteiger partial charge >= 0.3 is 0 Å². The maximum Gasteiger partial charge on any atom is 0.224 e. The van der Waals surface area contributed by atoms with Crippen LogP contribution in [0.2, 0.25) is 0 Å². The molecule has 0 spiro atoms. The number of nitrogens with zero attached hydrogens (tertiary/aromatic N) is 1. The molecule has 1 aliphatic rings. The Labute approximate surface area is 148 Å². The van der Waals surface area contributed by atoms with Crippen molar-refractivity contribution >= 4 is 17.3 Å². The molecule has 0 saturated carbocycles. The van der Waals surface area contributed by atoms with E-state index < -0.39 is 0 Å². The minimum absolute atomic E-state index is 0.00613. The maximum atomic E-state index is 12.4. The number of ether oxygens (including phenoxy) is 2. The first-order valence-corrected chi connectivity index (χ1v) is 8.61. The van der Waals surface area contributed by atoms with Gasteiger partial charge in [-0.15, -0.1) is 0 Å². The zero-order valence-corrected chi connectivity index (χ0v) is 14.5. The molecule has 2 aromatic carbocycles. The number of morpholine rings is 1. The molecule has 1 N–H and O–H groups in total. The summed E-state index contributed by atoms with van der Waals surface area (Å²) in [6.45, 7) is 3.12. The molecule has 1 amide bonds. The Morgan fingerprint density at radius 3 is 2.64 bits per heavy atom. The molecule has 25 heavy (non-hydrogen) atoms. The third kappa shape index (κ3) is 4.51. The predicted molar refractivity (Wildman–Crippen MR) is 99.4 cm³/mol. The van der Waals surface area contributed by atoms with E-state index in [1.54, 1.807) is 7.11 Å². The van der Waals surface area contributed by atoms with E-state index in [4.69, 9.17) is 9.47 Å². The molecule has 5 nitrogen and oxygen atoms in total. The van der Waals surface area contributed by atoms with Gasteiger partial charge in [0.15, 0.2) is 0 Å². The van der Waals surface area contributed by atoms with Crippen molar-refractivity contribution in [1.82, 2.24) is 0 Å². The Hall–Kier alpha value is -2.53. The van der Waals surface area contributed by atoms with Crippen molar-refractivity contribution in [3.05, 3.63) is 54.1 Å². The van der Waals surface area contributed by atoms with Gasteiger partial charge in [0.1, 0.15) is 5.75 Å². The minimum atomic E-state index is 0.00613. The number of methoxy groups -OCH3 is 1. The summed E-state index contributed by atoms with van der Waals surface area (Å²) in [6, 6.07) is 15.7. The fourth-order valence-corrected chi connectivity index (χ4v) is 3.03. The molecule has 0 bridgehead atoms. The highest BCUT2D eigenvalue weighted by molar-refractivity contribution is 5.94. The van der Waals surface area contributed by atoms with Gasteiger partial charge in [-0.3, -0.25) is 4.79 Å². The number of benzene rings is 2. The number of carbonyl (C=O) groups excluding carboxylic acids is 1. The highest BCUT2D eigenvalue weighted by atomic mass is 16.5. The van der Waals surface area contributed by atoms with E-state index in [0.29, 0.717) is 12.8 Å². The average Bonchev–Trinajstić information content (AvgIpc) is 2.67. The van der Waals surface area contributed by atoms with Crippen LogP contribution >= 0.6 is 0 Å². The molecule has 0 unspecified atom stereocenters. The fourth-order valence-electron chi connectivity index (χ4n) is 3.03. The van der Waals surface area contributed by atoms with E-state index in [0.717, 1.165) is 49.0 Å². The number of nitrogens with one attached hydrogen (secondary N) is 1. The number of para-hydroxylation sites is 3. The Kier molecular flexibility index (Phi) is 5.90. The second-order valence-corrected chi connectivity index (χ2v) is 5.98. The number of anilines is 2. The third-order valence-electron chi connectivity index (χ3n) is 4.34. The number of rotatable bonds is 6. The highest BCUT2D eigenvalue weighted by Crippen LogP contribution is 2.27. The molecular weight excluding hydrogens is 316 g/mol. The van der Waals surface area contributed by atoms with Gasteiger partial charge < -0.3 is 19.7 Å². The molecule has 1 aliphatic heterocycles. The van der Waals surface area contributed by atoms with Crippen molar-refractivity contribution in [1.29, 1.82) is 0 Å². The zero-order valence-electron chi connectivity index (χ0n) is 14.5. The van der Waals surface area contributed by atoms with Crippen LogP contribution in [0.1, 0.15) is 12.0 Å². The van der Waals surface area contributed by atoms with Crippen molar-refractivity contribution in [2.75, 3.05) is 43.6 Å². The normalized spacial score (nSPS) is 14.2. The summed E-state index contributed by atoms with van der Waals surface area (Å²) < 4.78 is 10.8.